The van der Waals surface area contributed by atoms with E-state index >= 15 is 0 Å². The molecule has 116 valence electrons. The lowest BCUT2D eigenvalue weighted by Gasteiger charge is -2.12. The minimum Gasteiger partial charge on any atom is -0.493 e. The smallest absolute Gasteiger partial charge is 0.419 e. The van der Waals surface area contributed by atoms with Gasteiger partial charge in [0.25, 0.3) is 0 Å². The largest absolute Gasteiger partial charge is 0.493 e. The second kappa shape index (κ2) is 5.14. The zero-order valence-electron chi connectivity index (χ0n) is 11.5. The van der Waals surface area contributed by atoms with Crippen LogP contribution in [0.1, 0.15) is 22.4 Å². The number of hydrogen-bond acceptors (Lipinski definition) is 5. The van der Waals surface area contributed by atoms with E-state index in [1.807, 2.05) is 0 Å². The summed E-state index contributed by atoms with van der Waals surface area (Å²) in [4.78, 5) is 3.54. The summed E-state index contributed by atoms with van der Waals surface area (Å²) in [5.41, 5.74) is 1.28. The Morgan fingerprint density at radius 2 is 1.73 bits per heavy atom. The number of nitrogens with zero attached hydrogens (tertiary/aromatic N) is 3. The Bertz CT molecular complexity index is 750. The van der Waals surface area contributed by atoms with E-state index in [4.69, 9.17) is 5.26 Å². The van der Waals surface area contributed by atoms with Crippen LogP contribution in [0.5, 0.6) is 11.8 Å². The second-order valence-electron chi connectivity index (χ2n) is 4.55. The van der Waals surface area contributed by atoms with Crippen molar-refractivity contribution in [3.05, 3.63) is 34.5 Å². The van der Waals surface area contributed by atoms with E-state index < -0.39 is 17.4 Å². The number of anilines is 1. The molecule has 0 atom stereocenters. The fraction of sp³-hybridized carbons (Fsp3) is 0.231. The maximum atomic E-state index is 12.7. The van der Waals surface area contributed by atoms with Crippen LogP contribution in [0.25, 0.3) is 0 Å². The van der Waals surface area contributed by atoms with Crippen LogP contribution >= 0.6 is 0 Å². The molecule has 0 aliphatic carbocycles. The first-order chi connectivity index (χ1) is 10.2. The zero-order chi connectivity index (χ0) is 16.7. The van der Waals surface area contributed by atoms with Gasteiger partial charge in [-0.1, -0.05) is 0 Å². The number of halogens is 3. The Labute approximate surface area is 123 Å². The van der Waals surface area contributed by atoms with Gasteiger partial charge in [-0.25, -0.2) is 4.98 Å². The highest BCUT2D eigenvalue weighted by molar-refractivity contribution is 5.49. The minimum absolute atomic E-state index is 0.134. The van der Waals surface area contributed by atoms with Crippen LogP contribution in [0, 0.1) is 25.2 Å². The lowest BCUT2D eigenvalue weighted by Crippen LogP contribution is -2.13. The van der Waals surface area contributed by atoms with E-state index in [1.54, 1.807) is 13.8 Å². The molecule has 2 rings (SSSR count). The van der Waals surface area contributed by atoms with E-state index in [0.29, 0.717) is 17.2 Å². The summed E-state index contributed by atoms with van der Waals surface area (Å²) in [6, 6.07) is 3.06. The molecule has 6 nitrogen and oxygen atoms in total. The lowest BCUT2D eigenvalue weighted by molar-refractivity contribution is -0.138. The van der Waals surface area contributed by atoms with Gasteiger partial charge in [0.05, 0.1) is 5.56 Å². The number of rotatable bonds is 2. The predicted molar refractivity (Wildman–Crippen MR) is 70.2 cm³/mol. The topological polar surface area (TPSA) is 94.1 Å². The second-order valence-corrected chi connectivity index (χ2v) is 4.55. The van der Waals surface area contributed by atoms with Gasteiger partial charge in [0.1, 0.15) is 11.9 Å². The van der Waals surface area contributed by atoms with Gasteiger partial charge in [-0.2, -0.15) is 23.1 Å². The van der Waals surface area contributed by atoms with Gasteiger partial charge >= 0.3 is 6.18 Å². The summed E-state index contributed by atoms with van der Waals surface area (Å²) >= 11 is 0. The van der Waals surface area contributed by atoms with Crippen molar-refractivity contribution >= 4 is 5.82 Å². The highest BCUT2D eigenvalue weighted by Crippen LogP contribution is 2.33. The van der Waals surface area contributed by atoms with E-state index in [0.717, 1.165) is 10.7 Å². The van der Waals surface area contributed by atoms with Gasteiger partial charge in [-0.15, -0.1) is 0 Å². The average molecular weight is 312 g/mol. The molecule has 22 heavy (non-hydrogen) atoms. The first kappa shape index (κ1) is 15.5. The fourth-order valence-corrected chi connectivity index (χ4v) is 1.83. The molecule has 0 radical (unpaired) electrons. The molecule has 0 saturated heterocycles. The number of aromatic hydroxyl groups is 2. The maximum Gasteiger partial charge on any atom is 0.419 e. The third-order valence-corrected chi connectivity index (χ3v) is 3.19. The van der Waals surface area contributed by atoms with Crippen molar-refractivity contribution in [3.8, 4) is 17.8 Å². The molecule has 2 aromatic rings. The van der Waals surface area contributed by atoms with Gasteiger partial charge in [0.15, 0.2) is 5.69 Å². The Balaban J connectivity index is 2.45. The van der Waals surface area contributed by atoms with Crippen LogP contribution in [-0.4, -0.2) is 19.9 Å². The standard InChI is InChI=1S/C13H11F3N4O2/c1-6-7(2)12(22)20(11(6)21)19-10-4-3-8(13(14,15)16)9(5-17)18-10/h3-4,21-22H,1-2H3,(H,18,19). The van der Waals surface area contributed by atoms with Crippen molar-refractivity contribution in [2.24, 2.45) is 0 Å². The normalized spacial score (nSPS) is 11.3. The first-order valence-electron chi connectivity index (χ1n) is 6.02. The molecule has 0 fully saturated rings. The molecule has 0 aromatic carbocycles. The van der Waals surface area contributed by atoms with E-state index in [2.05, 4.69) is 10.4 Å². The summed E-state index contributed by atoms with van der Waals surface area (Å²) < 4.78 is 38.9. The number of hydrogen-bond donors (Lipinski definition) is 3. The quantitative estimate of drug-likeness (QED) is 0.792. The molecule has 0 spiro atoms. The monoisotopic (exact) mass is 312 g/mol. The molecule has 2 aromatic heterocycles. The van der Waals surface area contributed by atoms with Crippen LogP contribution in [0.2, 0.25) is 0 Å². The van der Waals surface area contributed by atoms with E-state index in [1.165, 1.54) is 6.07 Å². The predicted octanol–water partition coefficient (Wildman–Crippen LogP) is 2.68. The molecule has 0 aliphatic rings. The van der Waals surface area contributed by atoms with Crippen molar-refractivity contribution in [2.75, 3.05) is 5.43 Å². The maximum absolute atomic E-state index is 12.7. The van der Waals surface area contributed by atoms with Gasteiger partial charge in [-0.3, -0.25) is 5.43 Å². The fourth-order valence-electron chi connectivity index (χ4n) is 1.83. The molecule has 0 saturated carbocycles. The SMILES string of the molecule is Cc1c(C)c(O)n(Nc2ccc(C(F)(F)F)c(C#N)n2)c1O. The van der Waals surface area contributed by atoms with Gasteiger partial charge < -0.3 is 10.2 Å². The molecular formula is C13H11F3N4O2. The van der Waals surface area contributed by atoms with E-state index in [9.17, 15) is 23.4 Å². The van der Waals surface area contributed by atoms with Crippen molar-refractivity contribution in [1.82, 2.24) is 9.66 Å². The number of nitrogens with one attached hydrogen (secondary N) is 1. The number of pyridine rings is 1. The molecule has 2 heterocycles. The summed E-state index contributed by atoms with van der Waals surface area (Å²) in [5.74, 6) is -0.754. The molecule has 0 unspecified atom stereocenters. The number of aromatic nitrogens is 2. The average Bonchev–Trinajstić information content (AvgIpc) is 2.64. The Morgan fingerprint density at radius 1 is 1.18 bits per heavy atom. The highest BCUT2D eigenvalue weighted by atomic mass is 19.4. The van der Waals surface area contributed by atoms with Crippen LogP contribution in [0.3, 0.4) is 0 Å². The summed E-state index contributed by atoms with van der Waals surface area (Å²) in [7, 11) is 0. The Morgan fingerprint density at radius 3 is 2.18 bits per heavy atom. The van der Waals surface area contributed by atoms with Crippen LogP contribution in [0.15, 0.2) is 12.1 Å². The Hall–Kier alpha value is -2.89. The summed E-state index contributed by atoms with van der Waals surface area (Å²) in [6.07, 6.45) is -4.69. The van der Waals surface area contributed by atoms with Crippen LogP contribution < -0.4 is 5.43 Å². The van der Waals surface area contributed by atoms with Gasteiger partial charge in [0, 0.05) is 11.1 Å². The summed E-state index contributed by atoms with van der Waals surface area (Å²) in [5, 5.41) is 28.5. The lowest BCUT2D eigenvalue weighted by atomic mass is 10.2. The molecular weight excluding hydrogens is 301 g/mol. The van der Waals surface area contributed by atoms with Crippen molar-refractivity contribution < 1.29 is 23.4 Å². The number of alkyl halides is 3. The van der Waals surface area contributed by atoms with E-state index in [-0.39, 0.29) is 17.6 Å². The first-order valence-corrected chi connectivity index (χ1v) is 6.02. The van der Waals surface area contributed by atoms with Crippen molar-refractivity contribution in [2.45, 2.75) is 20.0 Å². The van der Waals surface area contributed by atoms with Crippen LogP contribution in [0.4, 0.5) is 19.0 Å². The minimum atomic E-state index is -4.69. The molecule has 0 bridgehead atoms. The third-order valence-electron chi connectivity index (χ3n) is 3.19. The number of nitriles is 1. The highest BCUT2D eigenvalue weighted by Gasteiger charge is 2.34. The van der Waals surface area contributed by atoms with Gasteiger partial charge in [0.2, 0.25) is 11.8 Å². The summed E-state index contributed by atoms with van der Waals surface area (Å²) in [6.45, 7) is 3.12. The van der Waals surface area contributed by atoms with Crippen LogP contribution in [-0.2, 0) is 6.18 Å². The third kappa shape index (κ3) is 2.50. The zero-order valence-corrected chi connectivity index (χ0v) is 11.5. The molecule has 0 aliphatic heterocycles. The molecule has 3 N–H and O–H groups in total. The molecule has 0 amide bonds. The van der Waals surface area contributed by atoms with Crippen molar-refractivity contribution in [3.63, 3.8) is 0 Å². The molecule has 9 heteroatoms. The Kier molecular flexibility index (Phi) is 3.62. The van der Waals surface area contributed by atoms with Gasteiger partial charge in [-0.05, 0) is 26.0 Å². The van der Waals surface area contributed by atoms with Crippen molar-refractivity contribution in [1.29, 1.82) is 5.26 Å².